The van der Waals surface area contributed by atoms with Crippen LogP contribution in [0, 0.1) is 0 Å². The van der Waals surface area contributed by atoms with Crippen LogP contribution in [0.4, 0.5) is 5.69 Å². The Morgan fingerprint density at radius 3 is 2.33 bits per heavy atom. The van der Waals surface area contributed by atoms with E-state index >= 15 is 0 Å². The van der Waals surface area contributed by atoms with Crippen LogP contribution in [0.25, 0.3) is 0 Å². The van der Waals surface area contributed by atoms with Crippen LogP contribution in [0.1, 0.15) is 26.3 Å². The van der Waals surface area contributed by atoms with Crippen molar-refractivity contribution < 1.29 is 22.7 Å². The van der Waals surface area contributed by atoms with Gasteiger partial charge >= 0.3 is 5.97 Å². The van der Waals surface area contributed by atoms with Gasteiger partial charge in [0.05, 0.1) is 18.9 Å². The normalized spacial score (nSPS) is 15.5. The summed E-state index contributed by atoms with van der Waals surface area (Å²) >= 11 is 0. The highest BCUT2D eigenvalue weighted by molar-refractivity contribution is 7.88. The Kier molecular flexibility index (Phi) is 6.86. The molecule has 1 saturated heterocycles. The lowest BCUT2D eigenvalue weighted by atomic mass is 10.1. The van der Waals surface area contributed by atoms with Crippen LogP contribution in [-0.4, -0.2) is 69.0 Å². The lowest BCUT2D eigenvalue weighted by molar-refractivity contribution is 0.0600. The Labute approximate surface area is 176 Å². The number of benzene rings is 2. The van der Waals surface area contributed by atoms with Crippen molar-refractivity contribution in [3.05, 3.63) is 65.2 Å². The van der Waals surface area contributed by atoms with Crippen molar-refractivity contribution in [2.45, 2.75) is 6.54 Å². The third-order valence-corrected chi connectivity index (χ3v) is 6.24. The van der Waals surface area contributed by atoms with E-state index in [9.17, 15) is 18.0 Å². The fraction of sp³-hybridized carbons (Fsp3) is 0.333. The Morgan fingerprint density at radius 2 is 1.67 bits per heavy atom. The quantitative estimate of drug-likeness (QED) is 0.701. The van der Waals surface area contributed by atoms with Crippen LogP contribution in [0.5, 0.6) is 0 Å². The number of nitrogens with one attached hydrogen (secondary N) is 1. The Hall–Kier alpha value is -2.75. The van der Waals surface area contributed by atoms with Gasteiger partial charge in [0.1, 0.15) is 0 Å². The van der Waals surface area contributed by atoms with Crippen molar-refractivity contribution in [1.82, 2.24) is 9.21 Å². The van der Waals surface area contributed by atoms with Gasteiger partial charge in [0.15, 0.2) is 0 Å². The standard InChI is InChI=1S/C21H25N3O5S/c1-29-21(26)18-7-4-8-19(14-18)22-20(25)17-6-3-5-16(13-17)15-23-9-11-24(12-10-23)30(2,27)28/h3-8,13-14H,9-12,15H2,1-2H3,(H,22,25). The minimum Gasteiger partial charge on any atom is -0.465 e. The zero-order valence-corrected chi connectivity index (χ0v) is 17.8. The number of methoxy groups -OCH3 is 1. The van der Waals surface area contributed by atoms with Gasteiger partial charge in [0.25, 0.3) is 5.91 Å². The molecule has 1 N–H and O–H groups in total. The highest BCUT2D eigenvalue weighted by Gasteiger charge is 2.23. The van der Waals surface area contributed by atoms with E-state index in [4.69, 9.17) is 4.74 Å². The van der Waals surface area contributed by atoms with Crippen molar-refractivity contribution in [2.75, 3.05) is 44.9 Å². The maximum absolute atomic E-state index is 12.6. The van der Waals surface area contributed by atoms with E-state index in [0.717, 1.165) is 5.56 Å². The van der Waals surface area contributed by atoms with Crippen LogP contribution >= 0.6 is 0 Å². The molecule has 2 aromatic carbocycles. The van der Waals surface area contributed by atoms with Crippen molar-refractivity contribution in [1.29, 1.82) is 0 Å². The summed E-state index contributed by atoms with van der Waals surface area (Å²) in [7, 11) is -1.85. The lowest BCUT2D eigenvalue weighted by Gasteiger charge is -2.33. The van der Waals surface area contributed by atoms with Crippen LogP contribution in [0.3, 0.4) is 0 Å². The molecule has 9 heteroatoms. The molecule has 0 aromatic heterocycles. The van der Waals surface area contributed by atoms with E-state index in [1.54, 1.807) is 30.3 Å². The largest absolute Gasteiger partial charge is 0.465 e. The van der Waals surface area contributed by atoms with Gasteiger partial charge in [-0.05, 0) is 35.9 Å². The molecule has 3 rings (SSSR count). The minimum atomic E-state index is -3.16. The average molecular weight is 432 g/mol. The molecular formula is C21H25N3O5S. The number of carbonyl (C=O) groups excluding carboxylic acids is 2. The first-order valence-electron chi connectivity index (χ1n) is 9.52. The van der Waals surface area contributed by atoms with Gasteiger partial charge in [-0.15, -0.1) is 0 Å². The number of carbonyl (C=O) groups is 2. The van der Waals surface area contributed by atoms with E-state index < -0.39 is 16.0 Å². The summed E-state index contributed by atoms with van der Waals surface area (Å²) in [4.78, 5) is 26.5. The van der Waals surface area contributed by atoms with Gasteiger partial charge in [0.2, 0.25) is 10.0 Å². The number of piperazine rings is 1. The molecule has 0 spiro atoms. The molecule has 1 amide bonds. The van der Waals surface area contributed by atoms with Gasteiger partial charge in [0, 0.05) is 44.0 Å². The second-order valence-electron chi connectivity index (χ2n) is 7.17. The van der Waals surface area contributed by atoms with E-state index in [1.807, 2.05) is 18.2 Å². The van der Waals surface area contributed by atoms with Gasteiger partial charge in [-0.25, -0.2) is 13.2 Å². The molecule has 30 heavy (non-hydrogen) atoms. The first-order valence-corrected chi connectivity index (χ1v) is 11.4. The van der Waals surface area contributed by atoms with Crippen LogP contribution in [-0.2, 0) is 21.3 Å². The number of rotatable bonds is 6. The molecule has 0 radical (unpaired) electrons. The fourth-order valence-electron chi connectivity index (χ4n) is 3.33. The third-order valence-electron chi connectivity index (χ3n) is 4.94. The zero-order chi connectivity index (χ0) is 21.7. The predicted molar refractivity (Wildman–Crippen MR) is 114 cm³/mol. The maximum atomic E-state index is 12.6. The first-order chi connectivity index (χ1) is 14.3. The number of anilines is 1. The molecule has 0 unspecified atom stereocenters. The fourth-order valence-corrected chi connectivity index (χ4v) is 4.16. The van der Waals surface area contributed by atoms with E-state index in [2.05, 4.69) is 10.2 Å². The monoisotopic (exact) mass is 431 g/mol. The van der Waals surface area contributed by atoms with E-state index in [1.165, 1.54) is 17.7 Å². The van der Waals surface area contributed by atoms with E-state index in [-0.39, 0.29) is 5.91 Å². The molecule has 1 heterocycles. The summed E-state index contributed by atoms with van der Waals surface area (Å²) in [5.74, 6) is -0.746. The summed E-state index contributed by atoms with van der Waals surface area (Å²) in [5, 5.41) is 2.80. The Morgan fingerprint density at radius 1 is 1.00 bits per heavy atom. The SMILES string of the molecule is COC(=O)c1cccc(NC(=O)c2cccc(CN3CCN(S(C)(=O)=O)CC3)c2)c1. The number of hydrogen-bond donors (Lipinski definition) is 1. The maximum Gasteiger partial charge on any atom is 0.337 e. The third kappa shape index (κ3) is 5.65. The van der Waals surface area contributed by atoms with Gasteiger partial charge in [-0.1, -0.05) is 18.2 Å². The number of ether oxygens (including phenoxy) is 1. The molecule has 1 aliphatic heterocycles. The highest BCUT2D eigenvalue weighted by atomic mass is 32.2. The minimum absolute atomic E-state index is 0.277. The topological polar surface area (TPSA) is 96.0 Å². The van der Waals surface area contributed by atoms with Gasteiger partial charge < -0.3 is 10.1 Å². The molecular weight excluding hydrogens is 406 g/mol. The number of amides is 1. The molecule has 0 aliphatic carbocycles. The molecule has 160 valence electrons. The van der Waals surface area contributed by atoms with Crippen LogP contribution < -0.4 is 5.32 Å². The van der Waals surface area contributed by atoms with Crippen molar-refractivity contribution in [3.8, 4) is 0 Å². The van der Waals surface area contributed by atoms with Crippen LogP contribution in [0.2, 0.25) is 0 Å². The van der Waals surface area contributed by atoms with Crippen molar-refractivity contribution >= 4 is 27.6 Å². The second kappa shape index (κ2) is 9.38. The predicted octanol–water partition coefficient (Wildman–Crippen LogP) is 1.80. The molecule has 8 nitrogen and oxygen atoms in total. The first kappa shape index (κ1) is 21.9. The summed E-state index contributed by atoms with van der Waals surface area (Å²) in [6, 6.07) is 13.9. The van der Waals surface area contributed by atoms with Crippen molar-refractivity contribution in [2.24, 2.45) is 0 Å². The summed E-state index contributed by atoms with van der Waals surface area (Å²) < 4.78 is 29.5. The summed E-state index contributed by atoms with van der Waals surface area (Å²) in [6.45, 7) is 2.86. The molecule has 1 aliphatic rings. The van der Waals surface area contributed by atoms with Crippen molar-refractivity contribution in [3.63, 3.8) is 0 Å². The van der Waals surface area contributed by atoms with Crippen LogP contribution in [0.15, 0.2) is 48.5 Å². The average Bonchev–Trinajstić information content (AvgIpc) is 2.73. The van der Waals surface area contributed by atoms with E-state index in [0.29, 0.717) is 49.5 Å². The van der Waals surface area contributed by atoms with Gasteiger partial charge in [-0.2, -0.15) is 4.31 Å². The molecule has 0 bridgehead atoms. The molecule has 1 fully saturated rings. The summed E-state index contributed by atoms with van der Waals surface area (Å²) in [5.41, 5.74) is 2.34. The molecule has 0 atom stereocenters. The Bertz CT molecular complexity index is 1030. The zero-order valence-electron chi connectivity index (χ0n) is 17.0. The van der Waals surface area contributed by atoms with Gasteiger partial charge in [-0.3, -0.25) is 9.69 Å². The summed E-state index contributed by atoms with van der Waals surface area (Å²) in [6.07, 6.45) is 1.23. The second-order valence-corrected chi connectivity index (χ2v) is 9.15. The smallest absolute Gasteiger partial charge is 0.337 e. The lowest BCUT2D eigenvalue weighted by Crippen LogP contribution is -2.47. The number of esters is 1. The molecule has 0 saturated carbocycles. The number of sulfonamides is 1. The highest BCUT2D eigenvalue weighted by Crippen LogP contribution is 2.16. The number of nitrogens with zero attached hydrogens (tertiary/aromatic N) is 2. The molecule has 2 aromatic rings. The Balaban J connectivity index is 1.63. The number of hydrogen-bond acceptors (Lipinski definition) is 6.